The fourth-order valence-corrected chi connectivity index (χ4v) is 5.44. The van der Waals surface area contributed by atoms with Crippen molar-refractivity contribution in [2.24, 2.45) is 0 Å². The van der Waals surface area contributed by atoms with Crippen LogP contribution in [0.4, 0.5) is 0 Å². The van der Waals surface area contributed by atoms with Crippen molar-refractivity contribution < 1.29 is 9.59 Å². The van der Waals surface area contributed by atoms with Crippen LogP contribution < -0.4 is 5.32 Å². The summed E-state index contributed by atoms with van der Waals surface area (Å²) in [7, 11) is 0. The second-order valence-corrected chi connectivity index (χ2v) is 9.73. The van der Waals surface area contributed by atoms with Gasteiger partial charge in [-0.2, -0.15) is 0 Å². The third kappa shape index (κ3) is 4.96. The molecule has 2 fully saturated rings. The van der Waals surface area contributed by atoms with Crippen LogP contribution >= 0.6 is 0 Å². The molecule has 1 atom stereocenters. The van der Waals surface area contributed by atoms with Crippen molar-refractivity contribution in [3.05, 3.63) is 59.7 Å². The Hall–Kier alpha value is -2.46. The van der Waals surface area contributed by atoms with Crippen LogP contribution in [0.5, 0.6) is 0 Å². The van der Waals surface area contributed by atoms with Crippen molar-refractivity contribution in [1.29, 1.82) is 0 Å². The van der Waals surface area contributed by atoms with Gasteiger partial charge in [0, 0.05) is 12.6 Å². The molecule has 4 heteroatoms. The van der Waals surface area contributed by atoms with E-state index in [1.807, 2.05) is 0 Å². The number of benzene rings is 2. The summed E-state index contributed by atoms with van der Waals surface area (Å²) >= 11 is 0. The van der Waals surface area contributed by atoms with Crippen LogP contribution in [-0.2, 0) is 21.4 Å². The molecule has 1 N–H and O–H groups in total. The Kier molecular flexibility index (Phi) is 7.10. The summed E-state index contributed by atoms with van der Waals surface area (Å²) in [5.41, 5.74) is 4.33. The van der Waals surface area contributed by atoms with Crippen LogP contribution in [0.2, 0.25) is 0 Å². The van der Waals surface area contributed by atoms with Gasteiger partial charge < -0.3 is 10.2 Å². The Bertz CT molecular complexity index is 927. The number of likely N-dealkylation sites (tertiary alicyclic amines) is 1. The summed E-state index contributed by atoms with van der Waals surface area (Å²) in [6.45, 7) is 6.33. The number of rotatable bonds is 8. The molecular weight excluding hydrogens is 396 g/mol. The molecule has 1 amide bonds. The van der Waals surface area contributed by atoms with Gasteiger partial charge >= 0.3 is 0 Å². The Balaban J connectivity index is 1.43. The second kappa shape index (κ2) is 9.99. The lowest BCUT2D eigenvalue weighted by molar-refractivity contribution is -0.128. The number of Topliss-reactive ketones (excluding diaryl/α,β-unsaturated/α-hetero) is 1. The van der Waals surface area contributed by atoms with E-state index in [0.717, 1.165) is 50.3 Å². The number of amides is 1. The molecule has 1 heterocycles. The number of nitrogens with zero attached hydrogens (tertiary/aromatic N) is 1. The minimum Gasteiger partial charge on any atom is -0.348 e. The molecule has 1 aliphatic heterocycles. The van der Waals surface area contributed by atoms with Crippen LogP contribution in [-0.4, -0.2) is 42.3 Å². The summed E-state index contributed by atoms with van der Waals surface area (Å²) in [6, 6.07) is 18.1. The lowest BCUT2D eigenvalue weighted by atomic mass is 9.77. The van der Waals surface area contributed by atoms with E-state index in [1.54, 1.807) is 0 Å². The molecular formula is C28H36N2O2. The normalized spacial score (nSPS) is 20.4. The first-order valence-corrected chi connectivity index (χ1v) is 12.2. The van der Waals surface area contributed by atoms with Gasteiger partial charge in [0.15, 0.2) is 0 Å². The molecule has 2 aromatic rings. The fraction of sp³-hybridized carbons (Fsp3) is 0.500. The third-order valence-electron chi connectivity index (χ3n) is 7.49. The van der Waals surface area contributed by atoms with Gasteiger partial charge in [-0.3, -0.25) is 9.59 Å². The van der Waals surface area contributed by atoms with E-state index in [1.165, 1.54) is 43.0 Å². The maximum Gasteiger partial charge on any atom is 0.231 e. The minimum absolute atomic E-state index is 0.00498. The largest absolute Gasteiger partial charge is 0.348 e. The van der Waals surface area contributed by atoms with Crippen LogP contribution in [0, 0.1) is 0 Å². The molecule has 0 aromatic heterocycles. The summed E-state index contributed by atoms with van der Waals surface area (Å²) < 4.78 is 0. The van der Waals surface area contributed by atoms with Crippen molar-refractivity contribution in [2.75, 3.05) is 19.6 Å². The number of carbonyl (C=O) groups excluding carboxylic acids is 2. The van der Waals surface area contributed by atoms with Crippen molar-refractivity contribution >= 4 is 11.7 Å². The number of hydrogen-bond donors (Lipinski definition) is 1. The molecule has 170 valence electrons. The van der Waals surface area contributed by atoms with E-state index in [0.29, 0.717) is 0 Å². The molecule has 0 bridgehead atoms. The minimum atomic E-state index is -0.495. The number of nitrogens with one attached hydrogen (secondary N) is 1. The highest BCUT2D eigenvalue weighted by Crippen LogP contribution is 2.42. The molecule has 2 aromatic carbocycles. The van der Waals surface area contributed by atoms with Crippen LogP contribution in [0.25, 0.3) is 11.1 Å². The Morgan fingerprint density at radius 1 is 0.969 bits per heavy atom. The van der Waals surface area contributed by atoms with Crippen molar-refractivity contribution in [1.82, 2.24) is 10.2 Å². The van der Waals surface area contributed by atoms with E-state index in [-0.39, 0.29) is 18.2 Å². The first-order valence-electron chi connectivity index (χ1n) is 12.2. The second-order valence-electron chi connectivity index (χ2n) is 9.73. The van der Waals surface area contributed by atoms with Crippen molar-refractivity contribution in [2.45, 2.75) is 70.3 Å². The zero-order valence-corrected chi connectivity index (χ0v) is 19.5. The van der Waals surface area contributed by atoms with Gasteiger partial charge in [0.1, 0.15) is 5.78 Å². The third-order valence-corrected chi connectivity index (χ3v) is 7.49. The van der Waals surface area contributed by atoms with Gasteiger partial charge in [-0.05, 0) is 74.8 Å². The lowest BCUT2D eigenvalue weighted by Gasteiger charge is -2.28. The maximum atomic E-state index is 13.0. The van der Waals surface area contributed by atoms with Crippen molar-refractivity contribution in [3.63, 3.8) is 0 Å². The molecule has 4 rings (SSSR count). The highest BCUT2D eigenvalue weighted by atomic mass is 16.2. The van der Waals surface area contributed by atoms with Gasteiger partial charge in [-0.1, -0.05) is 61.4 Å². The zero-order chi connectivity index (χ0) is 22.6. The smallest absolute Gasteiger partial charge is 0.231 e. The van der Waals surface area contributed by atoms with Crippen molar-refractivity contribution in [3.8, 4) is 11.1 Å². The molecule has 32 heavy (non-hydrogen) atoms. The summed E-state index contributed by atoms with van der Waals surface area (Å²) in [4.78, 5) is 26.9. The standard InChI is InChI=1S/C28H36N2O2/c1-21-6-5-18-30(21)19-15-23-7-9-24(10-8-23)25-11-13-26(14-12-25)28(16-3-4-17-28)27(32)29-20-22(2)31/h7-14,21H,3-6,15-20H2,1-2H3,(H,29,32)/t21-/m1/s1. The highest BCUT2D eigenvalue weighted by Gasteiger charge is 2.42. The van der Waals surface area contributed by atoms with Gasteiger partial charge in [0.2, 0.25) is 5.91 Å². The summed E-state index contributed by atoms with van der Waals surface area (Å²) in [6.07, 6.45) is 7.55. The number of ketones is 1. The number of carbonyl (C=O) groups is 2. The first-order chi connectivity index (χ1) is 15.5. The van der Waals surface area contributed by atoms with Crippen LogP contribution in [0.1, 0.15) is 63.5 Å². The molecule has 0 unspecified atom stereocenters. The van der Waals surface area contributed by atoms with E-state index < -0.39 is 5.41 Å². The Labute approximate surface area is 192 Å². The zero-order valence-electron chi connectivity index (χ0n) is 19.5. The van der Waals surface area contributed by atoms with Gasteiger partial charge in [0.05, 0.1) is 12.0 Å². The quantitative estimate of drug-likeness (QED) is 0.646. The summed E-state index contributed by atoms with van der Waals surface area (Å²) in [5.74, 6) is -0.0187. The van der Waals surface area contributed by atoms with Gasteiger partial charge in [0.25, 0.3) is 0 Å². The van der Waals surface area contributed by atoms with E-state index in [2.05, 4.69) is 65.7 Å². The van der Waals surface area contributed by atoms with E-state index in [9.17, 15) is 9.59 Å². The molecule has 0 radical (unpaired) electrons. The molecule has 4 nitrogen and oxygen atoms in total. The average Bonchev–Trinajstić information content (AvgIpc) is 3.46. The average molecular weight is 433 g/mol. The predicted octanol–water partition coefficient (Wildman–Crippen LogP) is 4.90. The first kappa shape index (κ1) is 22.7. The molecule has 0 spiro atoms. The molecule has 2 aliphatic rings. The van der Waals surface area contributed by atoms with Gasteiger partial charge in [-0.15, -0.1) is 0 Å². The maximum absolute atomic E-state index is 13.0. The molecule has 1 saturated carbocycles. The monoisotopic (exact) mass is 432 g/mol. The van der Waals surface area contributed by atoms with Crippen LogP contribution in [0.15, 0.2) is 48.5 Å². The number of hydrogen-bond acceptors (Lipinski definition) is 3. The van der Waals surface area contributed by atoms with E-state index in [4.69, 9.17) is 0 Å². The van der Waals surface area contributed by atoms with Gasteiger partial charge in [-0.25, -0.2) is 0 Å². The lowest BCUT2D eigenvalue weighted by Crippen LogP contribution is -2.44. The fourth-order valence-electron chi connectivity index (χ4n) is 5.44. The van der Waals surface area contributed by atoms with Crippen LogP contribution in [0.3, 0.4) is 0 Å². The molecule has 1 aliphatic carbocycles. The summed E-state index contributed by atoms with van der Waals surface area (Å²) in [5, 5.41) is 2.86. The Morgan fingerprint density at radius 2 is 1.59 bits per heavy atom. The molecule has 1 saturated heterocycles. The Morgan fingerprint density at radius 3 is 2.16 bits per heavy atom. The highest BCUT2D eigenvalue weighted by molar-refractivity contribution is 5.92. The SMILES string of the molecule is CC(=O)CNC(=O)C1(c2ccc(-c3ccc(CCN4CCC[C@H]4C)cc3)cc2)CCCC1. The predicted molar refractivity (Wildman–Crippen MR) is 130 cm³/mol. The topological polar surface area (TPSA) is 49.4 Å². The van der Waals surface area contributed by atoms with E-state index >= 15 is 0 Å².